The summed E-state index contributed by atoms with van der Waals surface area (Å²) in [5, 5.41) is 9.84. The summed E-state index contributed by atoms with van der Waals surface area (Å²) in [7, 11) is 0. The Kier molecular flexibility index (Phi) is 3.98. The minimum absolute atomic E-state index is 0.00614. The zero-order valence-electron chi connectivity index (χ0n) is 14.7. The molecular weight excluding hydrogens is 346 g/mol. The Morgan fingerprint density at radius 1 is 1.27 bits per heavy atom. The van der Waals surface area contributed by atoms with Crippen molar-refractivity contribution in [2.24, 2.45) is 0 Å². The van der Waals surface area contributed by atoms with Crippen molar-refractivity contribution in [3.8, 4) is 0 Å². The third kappa shape index (κ3) is 2.72. The fourth-order valence-corrected chi connectivity index (χ4v) is 5.59. The Morgan fingerprint density at radius 2 is 2.19 bits per heavy atom. The topological polar surface area (TPSA) is 61.4 Å². The third-order valence-electron chi connectivity index (χ3n) is 6.05. The standard InChI is InChI=1S/C20H23N3O2S/c24-19-3-1-2-8-23(19)17-11-26-18-7-4-12(9-14(17)18)20(25)22-16-10-13-5-6-15(16)21-13/h4,7,9,11,13,15-16,21H,1-3,5-6,8,10H2,(H,22,25)/t13-,15+,16-/m1/s1. The van der Waals surface area contributed by atoms with Crippen molar-refractivity contribution in [1.29, 1.82) is 0 Å². The number of fused-ring (bicyclic) bond motifs is 3. The van der Waals surface area contributed by atoms with Gasteiger partial charge in [-0.3, -0.25) is 9.59 Å². The van der Waals surface area contributed by atoms with Crippen molar-refractivity contribution < 1.29 is 9.59 Å². The van der Waals surface area contributed by atoms with Crippen LogP contribution in [0.25, 0.3) is 10.1 Å². The first-order chi connectivity index (χ1) is 12.7. The summed E-state index contributed by atoms with van der Waals surface area (Å²) in [6.07, 6.45) is 6.05. The van der Waals surface area contributed by atoms with E-state index in [9.17, 15) is 9.59 Å². The number of thiophene rings is 1. The number of anilines is 1. The van der Waals surface area contributed by atoms with Crippen molar-refractivity contribution in [3.05, 3.63) is 29.1 Å². The van der Waals surface area contributed by atoms with Crippen LogP contribution in [0, 0.1) is 0 Å². The average molecular weight is 369 g/mol. The van der Waals surface area contributed by atoms with Crippen molar-refractivity contribution in [3.63, 3.8) is 0 Å². The first-order valence-electron chi connectivity index (χ1n) is 9.57. The molecule has 26 heavy (non-hydrogen) atoms. The van der Waals surface area contributed by atoms with Gasteiger partial charge in [-0.2, -0.15) is 0 Å². The van der Waals surface area contributed by atoms with E-state index in [0.717, 1.165) is 48.0 Å². The Labute approximate surface area is 156 Å². The Morgan fingerprint density at radius 3 is 2.96 bits per heavy atom. The lowest BCUT2D eigenvalue weighted by atomic mass is 9.95. The van der Waals surface area contributed by atoms with Crippen LogP contribution in [-0.2, 0) is 4.79 Å². The van der Waals surface area contributed by atoms with E-state index in [1.807, 2.05) is 23.1 Å². The highest BCUT2D eigenvalue weighted by Crippen LogP contribution is 2.35. The van der Waals surface area contributed by atoms with E-state index in [0.29, 0.717) is 24.1 Å². The number of hydrogen-bond donors (Lipinski definition) is 2. The van der Waals surface area contributed by atoms with E-state index < -0.39 is 0 Å². The number of amides is 2. The summed E-state index contributed by atoms with van der Waals surface area (Å²) in [5.41, 5.74) is 1.65. The lowest BCUT2D eigenvalue weighted by Crippen LogP contribution is -2.42. The highest BCUT2D eigenvalue weighted by Gasteiger charge is 2.39. The molecule has 2 aromatic rings. The maximum atomic E-state index is 12.8. The molecule has 136 valence electrons. The Balaban J connectivity index is 1.41. The number of hydrogen-bond acceptors (Lipinski definition) is 4. The minimum Gasteiger partial charge on any atom is -0.348 e. The number of carbonyl (C=O) groups is 2. The summed E-state index contributed by atoms with van der Waals surface area (Å²) < 4.78 is 1.12. The van der Waals surface area contributed by atoms with Crippen LogP contribution >= 0.6 is 11.3 Å². The van der Waals surface area contributed by atoms with Gasteiger partial charge in [0, 0.05) is 52.1 Å². The molecule has 0 aliphatic carbocycles. The number of nitrogens with zero attached hydrogens (tertiary/aromatic N) is 1. The molecular formula is C20H23N3O2S. The van der Waals surface area contributed by atoms with Gasteiger partial charge in [0.05, 0.1) is 5.69 Å². The Hall–Kier alpha value is -1.92. The third-order valence-corrected chi connectivity index (χ3v) is 7.00. The zero-order chi connectivity index (χ0) is 17.7. The van der Waals surface area contributed by atoms with Gasteiger partial charge in [0.25, 0.3) is 5.91 Å². The van der Waals surface area contributed by atoms with Gasteiger partial charge in [0.2, 0.25) is 5.91 Å². The summed E-state index contributed by atoms with van der Waals surface area (Å²) in [6, 6.07) is 7.10. The molecule has 3 atom stereocenters. The van der Waals surface area contributed by atoms with Crippen LogP contribution in [0.5, 0.6) is 0 Å². The van der Waals surface area contributed by atoms with Crippen LogP contribution < -0.4 is 15.5 Å². The largest absolute Gasteiger partial charge is 0.348 e. The monoisotopic (exact) mass is 369 g/mol. The van der Waals surface area contributed by atoms with Gasteiger partial charge in [0.15, 0.2) is 0 Å². The quantitative estimate of drug-likeness (QED) is 0.874. The molecule has 1 aromatic heterocycles. The highest BCUT2D eigenvalue weighted by molar-refractivity contribution is 7.17. The van der Waals surface area contributed by atoms with Crippen LogP contribution in [0.2, 0.25) is 0 Å². The van der Waals surface area contributed by atoms with E-state index in [1.54, 1.807) is 11.3 Å². The minimum atomic E-state index is -0.00614. The van der Waals surface area contributed by atoms with Gasteiger partial charge in [-0.05, 0) is 50.3 Å². The molecule has 3 aliphatic rings. The van der Waals surface area contributed by atoms with Gasteiger partial charge in [-0.1, -0.05) is 0 Å². The molecule has 3 aliphatic heterocycles. The molecule has 2 amide bonds. The summed E-state index contributed by atoms with van der Waals surface area (Å²) in [6.45, 7) is 0.776. The average Bonchev–Trinajstić information content (AvgIpc) is 3.37. The molecule has 5 rings (SSSR count). The summed E-state index contributed by atoms with van der Waals surface area (Å²) in [4.78, 5) is 27.0. The van der Waals surface area contributed by atoms with Crippen LogP contribution in [0.3, 0.4) is 0 Å². The first kappa shape index (κ1) is 16.3. The molecule has 0 unspecified atom stereocenters. The number of nitrogens with one attached hydrogen (secondary N) is 2. The van der Waals surface area contributed by atoms with Crippen molar-refractivity contribution in [2.75, 3.05) is 11.4 Å². The van der Waals surface area contributed by atoms with Gasteiger partial charge in [-0.25, -0.2) is 0 Å². The zero-order valence-corrected chi connectivity index (χ0v) is 15.5. The number of carbonyl (C=O) groups excluding carboxylic acids is 2. The molecule has 2 bridgehead atoms. The summed E-state index contributed by atoms with van der Waals surface area (Å²) >= 11 is 1.64. The van der Waals surface area contributed by atoms with E-state index in [1.165, 1.54) is 6.42 Å². The van der Waals surface area contributed by atoms with Crippen molar-refractivity contribution in [2.45, 2.75) is 56.7 Å². The van der Waals surface area contributed by atoms with Crippen LogP contribution in [-0.4, -0.2) is 36.5 Å². The second-order valence-corrected chi connectivity index (χ2v) is 8.61. The van der Waals surface area contributed by atoms with Crippen molar-refractivity contribution >= 4 is 38.9 Å². The van der Waals surface area contributed by atoms with Gasteiger partial charge in [-0.15, -0.1) is 11.3 Å². The molecule has 0 saturated carbocycles. The molecule has 0 spiro atoms. The maximum Gasteiger partial charge on any atom is 0.251 e. The van der Waals surface area contributed by atoms with Gasteiger partial charge < -0.3 is 15.5 Å². The predicted octanol–water partition coefficient (Wildman–Crippen LogP) is 3.04. The van der Waals surface area contributed by atoms with Gasteiger partial charge >= 0.3 is 0 Å². The lowest BCUT2D eigenvalue weighted by Gasteiger charge is -2.26. The molecule has 2 N–H and O–H groups in total. The molecule has 3 saturated heterocycles. The fourth-order valence-electron chi connectivity index (χ4n) is 4.66. The van der Waals surface area contributed by atoms with Crippen LogP contribution in [0.15, 0.2) is 23.6 Å². The SMILES string of the molecule is O=C(N[C@@H]1C[C@H]2CC[C@@H]1N2)c1ccc2scc(N3CCCCC3=O)c2c1. The van der Waals surface area contributed by atoms with Gasteiger partial charge in [0.1, 0.15) is 0 Å². The molecule has 5 nitrogen and oxygen atoms in total. The smallest absolute Gasteiger partial charge is 0.251 e. The van der Waals surface area contributed by atoms with Crippen LogP contribution in [0.4, 0.5) is 5.69 Å². The highest BCUT2D eigenvalue weighted by atomic mass is 32.1. The van der Waals surface area contributed by atoms with Crippen LogP contribution in [0.1, 0.15) is 48.9 Å². The molecule has 3 fully saturated rings. The van der Waals surface area contributed by atoms with E-state index in [4.69, 9.17) is 0 Å². The second kappa shape index (κ2) is 6.35. The number of piperidine rings is 1. The lowest BCUT2D eigenvalue weighted by molar-refractivity contribution is -0.119. The normalized spacial score (nSPS) is 28.1. The van der Waals surface area contributed by atoms with E-state index in [-0.39, 0.29) is 17.9 Å². The number of benzene rings is 1. The number of rotatable bonds is 3. The fraction of sp³-hybridized carbons (Fsp3) is 0.500. The maximum absolute atomic E-state index is 12.8. The summed E-state index contributed by atoms with van der Waals surface area (Å²) in [5.74, 6) is 0.187. The molecule has 4 heterocycles. The van der Waals surface area contributed by atoms with Crippen molar-refractivity contribution in [1.82, 2.24) is 10.6 Å². The molecule has 1 aromatic carbocycles. The second-order valence-electron chi connectivity index (χ2n) is 7.70. The molecule has 6 heteroatoms. The first-order valence-corrected chi connectivity index (χ1v) is 10.5. The Bertz CT molecular complexity index is 877. The predicted molar refractivity (Wildman–Crippen MR) is 104 cm³/mol. The molecule has 0 radical (unpaired) electrons. The van der Waals surface area contributed by atoms with E-state index >= 15 is 0 Å². The van der Waals surface area contributed by atoms with E-state index in [2.05, 4.69) is 16.0 Å².